The molecule has 0 radical (unpaired) electrons. The molecule has 0 aromatic rings. The highest BCUT2D eigenvalue weighted by molar-refractivity contribution is 7.81. The molecule has 0 rings (SSSR count). The third kappa shape index (κ3) is 2.55. The maximum atomic E-state index is 5.12. The molecular weight excluding hydrogens is 224 g/mol. The summed E-state index contributed by atoms with van der Waals surface area (Å²) in [6.45, 7) is 23.5. The van der Waals surface area contributed by atoms with E-state index in [-0.39, 0.29) is 21.0 Å². The lowest BCUT2D eigenvalue weighted by molar-refractivity contribution is -0.0329. The van der Waals surface area contributed by atoms with Crippen molar-refractivity contribution < 1.29 is 0 Å². The number of hydrogen-bond acceptors (Lipinski definition) is 1. The first-order chi connectivity index (χ1) is 7.25. The van der Waals surface area contributed by atoms with Crippen molar-refractivity contribution in [2.75, 3.05) is 0 Å². The van der Waals surface area contributed by atoms with E-state index >= 15 is 0 Å². The Morgan fingerprint density at radius 3 is 1.41 bits per heavy atom. The Kier molecular flexibility index (Phi) is 4.89. The van der Waals surface area contributed by atoms with Gasteiger partial charge in [0, 0.05) is 4.75 Å². The molecule has 17 heavy (non-hydrogen) atoms. The molecule has 0 fully saturated rings. The average Bonchev–Trinajstić information content (AvgIpc) is 2.13. The van der Waals surface area contributed by atoms with Gasteiger partial charge in [-0.25, -0.2) is 0 Å². The summed E-state index contributed by atoms with van der Waals surface area (Å²) in [7, 11) is 0. The van der Waals surface area contributed by atoms with Crippen LogP contribution in [0, 0.1) is 22.2 Å². The highest BCUT2D eigenvalue weighted by atomic mass is 32.1. The van der Waals surface area contributed by atoms with Crippen LogP contribution in [-0.4, -0.2) is 4.75 Å². The summed E-state index contributed by atoms with van der Waals surface area (Å²) >= 11 is 5.12. The highest BCUT2D eigenvalue weighted by Gasteiger charge is 2.56. The molecule has 2 unspecified atom stereocenters. The van der Waals surface area contributed by atoms with Crippen molar-refractivity contribution in [1.29, 1.82) is 0 Å². The second-order valence-electron chi connectivity index (χ2n) is 7.88. The maximum absolute atomic E-state index is 5.12. The Morgan fingerprint density at radius 2 is 1.24 bits per heavy atom. The minimum atomic E-state index is 0.00250. The van der Waals surface area contributed by atoms with Gasteiger partial charge >= 0.3 is 0 Å². The molecular formula is C16H34S. The van der Waals surface area contributed by atoms with Crippen LogP contribution in [0.2, 0.25) is 0 Å². The van der Waals surface area contributed by atoms with E-state index in [2.05, 4.69) is 69.2 Å². The minimum absolute atomic E-state index is 0.00250. The van der Waals surface area contributed by atoms with Gasteiger partial charge in [0.15, 0.2) is 0 Å². The van der Waals surface area contributed by atoms with Gasteiger partial charge in [-0.1, -0.05) is 62.3 Å². The van der Waals surface area contributed by atoms with Crippen molar-refractivity contribution in [2.24, 2.45) is 22.2 Å². The van der Waals surface area contributed by atoms with E-state index in [9.17, 15) is 0 Å². The molecule has 0 spiro atoms. The summed E-state index contributed by atoms with van der Waals surface area (Å²) in [5.74, 6) is 0.654. The molecule has 0 heterocycles. The third-order valence-electron chi connectivity index (χ3n) is 6.11. The topological polar surface area (TPSA) is 0 Å². The van der Waals surface area contributed by atoms with Crippen molar-refractivity contribution in [2.45, 2.75) is 80.4 Å². The van der Waals surface area contributed by atoms with Crippen LogP contribution in [0.4, 0.5) is 0 Å². The largest absolute Gasteiger partial charge is 0.172 e. The zero-order valence-corrected chi connectivity index (χ0v) is 14.6. The Balaban J connectivity index is 5.75. The van der Waals surface area contributed by atoms with Crippen LogP contribution in [0.5, 0.6) is 0 Å². The van der Waals surface area contributed by atoms with Gasteiger partial charge in [0.05, 0.1) is 0 Å². The molecule has 0 N–H and O–H groups in total. The standard InChI is InChI=1S/C16H34S/c1-11-15(9,14(7,8)12(2)3)16(10,17)13(4,5)6/h12,17H,11H2,1-10H3. The second kappa shape index (κ2) is 4.79. The van der Waals surface area contributed by atoms with E-state index < -0.39 is 0 Å². The molecule has 0 nitrogen and oxygen atoms in total. The Labute approximate surface area is 115 Å². The predicted octanol–water partition coefficient (Wildman–Crippen LogP) is 5.82. The number of hydrogen-bond donors (Lipinski definition) is 1. The first kappa shape index (κ1) is 17.4. The zero-order chi connectivity index (χ0) is 14.3. The molecule has 0 saturated heterocycles. The van der Waals surface area contributed by atoms with Crippen LogP contribution in [0.3, 0.4) is 0 Å². The number of thiol groups is 1. The first-order valence-corrected chi connectivity index (χ1v) is 7.42. The Hall–Kier alpha value is 0.350. The van der Waals surface area contributed by atoms with Crippen molar-refractivity contribution in [3.63, 3.8) is 0 Å². The maximum Gasteiger partial charge on any atom is 0.0208 e. The molecule has 0 aliphatic rings. The summed E-state index contributed by atoms with van der Waals surface area (Å²) in [6, 6.07) is 0. The summed E-state index contributed by atoms with van der Waals surface area (Å²) in [5.41, 5.74) is 0.661. The summed E-state index contributed by atoms with van der Waals surface area (Å²) in [4.78, 5) is 0. The van der Waals surface area contributed by atoms with E-state index in [1.54, 1.807) is 0 Å². The Bertz CT molecular complexity index is 255. The molecule has 0 aromatic carbocycles. The van der Waals surface area contributed by atoms with Gasteiger partial charge < -0.3 is 0 Å². The lowest BCUT2D eigenvalue weighted by atomic mass is 9.50. The van der Waals surface area contributed by atoms with Gasteiger partial charge in [-0.3, -0.25) is 0 Å². The normalized spacial score (nSPS) is 21.2. The van der Waals surface area contributed by atoms with Crippen molar-refractivity contribution in [1.82, 2.24) is 0 Å². The molecule has 0 bridgehead atoms. The minimum Gasteiger partial charge on any atom is -0.172 e. The fourth-order valence-electron chi connectivity index (χ4n) is 2.89. The second-order valence-corrected chi connectivity index (χ2v) is 8.78. The SMILES string of the molecule is CCC(C)(C(C)(C)C(C)C)C(C)(S)C(C)(C)C. The third-order valence-corrected chi connectivity index (χ3v) is 7.27. The zero-order valence-electron chi connectivity index (χ0n) is 13.7. The molecule has 0 aliphatic heterocycles. The van der Waals surface area contributed by atoms with Crippen molar-refractivity contribution in [3.05, 3.63) is 0 Å². The van der Waals surface area contributed by atoms with Crippen LogP contribution in [-0.2, 0) is 0 Å². The summed E-state index contributed by atoms with van der Waals surface area (Å²) in [6.07, 6.45) is 1.16. The molecule has 2 atom stereocenters. The van der Waals surface area contributed by atoms with E-state index in [1.165, 1.54) is 0 Å². The van der Waals surface area contributed by atoms with Gasteiger partial charge in [0.1, 0.15) is 0 Å². The van der Waals surface area contributed by atoms with E-state index in [4.69, 9.17) is 12.6 Å². The predicted molar refractivity (Wildman–Crippen MR) is 83.9 cm³/mol. The van der Waals surface area contributed by atoms with Gasteiger partial charge in [0.2, 0.25) is 0 Å². The molecule has 0 aliphatic carbocycles. The molecule has 1 heteroatoms. The van der Waals surface area contributed by atoms with Crippen LogP contribution in [0.1, 0.15) is 75.7 Å². The lowest BCUT2D eigenvalue weighted by Gasteiger charge is -2.60. The molecule has 0 saturated carbocycles. The molecule has 0 amide bonds. The Morgan fingerprint density at radius 1 is 0.882 bits per heavy atom. The fraction of sp³-hybridized carbons (Fsp3) is 1.00. The van der Waals surface area contributed by atoms with Gasteiger partial charge in [0.25, 0.3) is 0 Å². The van der Waals surface area contributed by atoms with E-state index in [0.717, 1.165) is 6.42 Å². The summed E-state index contributed by atoms with van der Waals surface area (Å²) in [5, 5.41) is 0. The van der Waals surface area contributed by atoms with Crippen LogP contribution < -0.4 is 0 Å². The highest BCUT2D eigenvalue weighted by Crippen LogP contribution is 2.60. The van der Waals surface area contributed by atoms with Gasteiger partial charge in [-0.05, 0) is 35.5 Å². The van der Waals surface area contributed by atoms with Crippen LogP contribution in [0.25, 0.3) is 0 Å². The van der Waals surface area contributed by atoms with E-state index in [1.807, 2.05) is 0 Å². The van der Waals surface area contributed by atoms with Crippen molar-refractivity contribution >= 4 is 12.6 Å². The smallest absolute Gasteiger partial charge is 0.0208 e. The monoisotopic (exact) mass is 258 g/mol. The molecule has 0 aromatic heterocycles. The quantitative estimate of drug-likeness (QED) is 0.604. The average molecular weight is 259 g/mol. The van der Waals surface area contributed by atoms with Gasteiger partial charge in [-0.15, -0.1) is 0 Å². The van der Waals surface area contributed by atoms with Crippen LogP contribution in [0.15, 0.2) is 0 Å². The van der Waals surface area contributed by atoms with Crippen LogP contribution >= 0.6 is 12.6 Å². The van der Waals surface area contributed by atoms with Gasteiger partial charge in [-0.2, -0.15) is 12.6 Å². The summed E-state index contributed by atoms with van der Waals surface area (Å²) < 4.78 is 0.00250. The fourth-order valence-corrected chi connectivity index (χ4v) is 3.34. The number of rotatable bonds is 4. The van der Waals surface area contributed by atoms with E-state index in [0.29, 0.717) is 5.92 Å². The van der Waals surface area contributed by atoms with Crippen molar-refractivity contribution in [3.8, 4) is 0 Å². The molecule has 104 valence electrons. The lowest BCUT2D eigenvalue weighted by Crippen LogP contribution is -2.57. The first-order valence-electron chi connectivity index (χ1n) is 6.98.